The van der Waals surface area contributed by atoms with Gasteiger partial charge in [0, 0.05) is 10.9 Å². The van der Waals surface area contributed by atoms with Crippen LogP contribution in [0.1, 0.15) is 49.4 Å². The van der Waals surface area contributed by atoms with Crippen LogP contribution < -0.4 is 0 Å². The number of ketones is 1. The average Bonchev–Trinajstić information content (AvgIpc) is 2.76. The number of allylic oxidation sites excluding steroid dienone is 2. The summed E-state index contributed by atoms with van der Waals surface area (Å²) < 4.78 is 0. The maximum atomic E-state index is 11.5. The summed E-state index contributed by atoms with van der Waals surface area (Å²) in [5, 5.41) is 3.83. The lowest BCUT2D eigenvalue weighted by Gasteiger charge is -1.93. The Labute approximate surface area is 95.8 Å². The van der Waals surface area contributed by atoms with E-state index in [2.05, 4.69) is 6.92 Å². The predicted octanol–water partition coefficient (Wildman–Crippen LogP) is 4.46. The van der Waals surface area contributed by atoms with Gasteiger partial charge in [0.25, 0.3) is 0 Å². The summed E-state index contributed by atoms with van der Waals surface area (Å²) in [6.07, 6.45) is 9.75. The van der Waals surface area contributed by atoms with Crippen molar-refractivity contribution in [2.24, 2.45) is 0 Å². The molecule has 0 N–H and O–H groups in total. The van der Waals surface area contributed by atoms with Crippen molar-refractivity contribution < 1.29 is 4.79 Å². The van der Waals surface area contributed by atoms with Gasteiger partial charge in [-0.05, 0) is 30.4 Å². The quantitative estimate of drug-likeness (QED) is 0.378. The largest absolute Gasteiger partial charge is 0.289 e. The highest BCUT2D eigenvalue weighted by atomic mass is 32.1. The SMILES string of the molecule is CCCCCC/C=C/C(=O)c1ccsc1. The van der Waals surface area contributed by atoms with Crippen molar-refractivity contribution in [3.63, 3.8) is 0 Å². The Hall–Kier alpha value is -0.890. The average molecular weight is 222 g/mol. The molecule has 0 aliphatic carbocycles. The molecule has 0 amide bonds. The van der Waals surface area contributed by atoms with Crippen LogP contribution in [-0.2, 0) is 0 Å². The smallest absolute Gasteiger partial charge is 0.186 e. The molecular formula is C13H18OS. The van der Waals surface area contributed by atoms with Gasteiger partial charge >= 0.3 is 0 Å². The van der Waals surface area contributed by atoms with E-state index in [0.717, 1.165) is 12.0 Å². The molecule has 0 radical (unpaired) electrons. The molecule has 15 heavy (non-hydrogen) atoms. The molecule has 0 spiro atoms. The fourth-order valence-corrected chi connectivity index (χ4v) is 2.03. The lowest BCUT2D eigenvalue weighted by atomic mass is 10.1. The number of hydrogen-bond acceptors (Lipinski definition) is 2. The van der Waals surface area contributed by atoms with E-state index in [1.807, 2.05) is 22.9 Å². The molecule has 0 bridgehead atoms. The summed E-state index contributed by atoms with van der Waals surface area (Å²) in [6, 6.07) is 1.87. The van der Waals surface area contributed by atoms with E-state index in [1.165, 1.54) is 25.7 Å². The third-order valence-electron chi connectivity index (χ3n) is 2.30. The maximum Gasteiger partial charge on any atom is 0.186 e. The minimum Gasteiger partial charge on any atom is -0.289 e. The third-order valence-corrected chi connectivity index (χ3v) is 2.98. The van der Waals surface area contributed by atoms with Crippen molar-refractivity contribution in [3.8, 4) is 0 Å². The molecule has 1 aromatic heterocycles. The predicted molar refractivity (Wildman–Crippen MR) is 66.5 cm³/mol. The van der Waals surface area contributed by atoms with E-state index in [4.69, 9.17) is 0 Å². The first-order valence-corrected chi connectivity index (χ1v) is 6.52. The molecule has 0 saturated carbocycles. The van der Waals surface area contributed by atoms with Gasteiger partial charge in [0.2, 0.25) is 0 Å². The highest BCUT2D eigenvalue weighted by Crippen LogP contribution is 2.08. The van der Waals surface area contributed by atoms with Crippen LogP contribution in [0.2, 0.25) is 0 Å². The van der Waals surface area contributed by atoms with Gasteiger partial charge in [0.1, 0.15) is 0 Å². The first-order valence-electron chi connectivity index (χ1n) is 5.57. The fourth-order valence-electron chi connectivity index (χ4n) is 1.38. The second kappa shape index (κ2) is 7.41. The van der Waals surface area contributed by atoms with Crippen molar-refractivity contribution in [2.75, 3.05) is 0 Å². The molecule has 82 valence electrons. The Morgan fingerprint density at radius 2 is 2.27 bits per heavy atom. The van der Waals surface area contributed by atoms with Gasteiger partial charge < -0.3 is 0 Å². The molecule has 1 heterocycles. The number of carbonyl (C=O) groups is 1. The zero-order chi connectivity index (χ0) is 10.9. The Balaban J connectivity index is 2.18. The minimum atomic E-state index is 0.131. The van der Waals surface area contributed by atoms with Crippen LogP contribution in [0.15, 0.2) is 29.0 Å². The summed E-state index contributed by atoms with van der Waals surface area (Å²) >= 11 is 1.56. The lowest BCUT2D eigenvalue weighted by Crippen LogP contribution is -1.90. The summed E-state index contributed by atoms with van der Waals surface area (Å²) in [4.78, 5) is 11.5. The summed E-state index contributed by atoms with van der Waals surface area (Å²) in [7, 11) is 0. The molecule has 0 aromatic carbocycles. The van der Waals surface area contributed by atoms with E-state index < -0.39 is 0 Å². The van der Waals surface area contributed by atoms with Crippen molar-refractivity contribution in [3.05, 3.63) is 34.5 Å². The number of unbranched alkanes of at least 4 members (excludes halogenated alkanes) is 4. The van der Waals surface area contributed by atoms with Crippen LogP contribution in [0.5, 0.6) is 0 Å². The molecule has 2 heteroatoms. The Morgan fingerprint density at radius 1 is 1.40 bits per heavy atom. The number of thiophene rings is 1. The van der Waals surface area contributed by atoms with Crippen LogP contribution >= 0.6 is 11.3 Å². The van der Waals surface area contributed by atoms with Crippen molar-refractivity contribution >= 4 is 17.1 Å². The second-order valence-corrected chi connectivity index (χ2v) is 4.41. The zero-order valence-electron chi connectivity index (χ0n) is 9.24. The number of rotatable bonds is 7. The van der Waals surface area contributed by atoms with E-state index in [0.29, 0.717) is 0 Å². The van der Waals surface area contributed by atoms with Gasteiger partial charge in [-0.1, -0.05) is 32.3 Å². The van der Waals surface area contributed by atoms with Crippen molar-refractivity contribution in [1.29, 1.82) is 0 Å². The molecule has 1 rings (SSSR count). The van der Waals surface area contributed by atoms with E-state index >= 15 is 0 Å². The Morgan fingerprint density at radius 3 is 2.93 bits per heavy atom. The molecule has 1 nitrogen and oxygen atoms in total. The van der Waals surface area contributed by atoms with E-state index in [-0.39, 0.29) is 5.78 Å². The standard InChI is InChI=1S/C13H18OS/c1-2-3-4-5-6-7-8-13(14)12-9-10-15-11-12/h7-11H,2-6H2,1H3/b8-7+. The topological polar surface area (TPSA) is 17.1 Å². The van der Waals surface area contributed by atoms with Crippen LogP contribution in [0.3, 0.4) is 0 Å². The van der Waals surface area contributed by atoms with Gasteiger partial charge in [-0.25, -0.2) is 0 Å². The van der Waals surface area contributed by atoms with Crippen molar-refractivity contribution in [1.82, 2.24) is 0 Å². The molecule has 0 unspecified atom stereocenters. The van der Waals surface area contributed by atoms with Crippen molar-refractivity contribution in [2.45, 2.75) is 39.0 Å². The van der Waals surface area contributed by atoms with Gasteiger partial charge in [-0.3, -0.25) is 4.79 Å². The molecule has 0 aliphatic heterocycles. The van der Waals surface area contributed by atoms with Gasteiger partial charge in [-0.2, -0.15) is 11.3 Å². The summed E-state index contributed by atoms with van der Waals surface area (Å²) in [5.74, 6) is 0.131. The summed E-state index contributed by atoms with van der Waals surface area (Å²) in [5.41, 5.74) is 0.810. The highest BCUT2D eigenvalue weighted by molar-refractivity contribution is 7.08. The Bertz CT molecular complexity index is 298. The number of carbonyl (C=O) groups excluding carboxylic acids is 1. The molecular weight excluding hydrogens is 204 g/mol. The van der Waals surface area contributed by atoms with Gasteiger partial charge in [0.15, 0.2) is 5.78 Å². The molecule has 0 aliphatic rings. The zero-order valence-corrected chi connectivity index (χ0v) is 10.1. The summed E-state index contributed by atoms with van der Waals surface area (Å²) in [6.45, 7) is 2.20. The van der Waals surface area contributed by atoms with Gasteiger partial charge in [0.05, 0.1) is 0 Å². The van der Waals surface area contributed by atoms with E-state index in [9.17, 15) is 4.79 Å². The van der Waals surface area contributed by atoms with E-state index in [1.54, 1.807) is 17.4 Å². The van der Waals surface area contributed by atoms with Crippen LogP contribution in [-0.4, -0.2) is 5.78 Å². The van der Waals surface area contributed by atoms with Crippen LogP contribution in [0.25, 0.3) is 0 Å². The fraction of sp³-hybridized carbons (Fsp3) is 0.462. The number of hydrogen-bond donors (Lipinski definition) is 0. The normalized spacial score (nSPS) is 11.0. The highest BCUT2D eigenvalue weighted by Gasteiger charge is 1.99. The van der Waals surface area contributed by atoms with Crippen LogP contribution in [0, 0.1) is 0 Å². The molecule has 0 fully saturated rings. The first kappa shape index (κ1) is 12.2. The van der Waals surface area contributed by atoms with Crippen LogP contribution in [0.4, 0.5) is 0 Å². The monoisotopic (exact) mass is 222 g/mol. The second-order valence-electron chi connectivity index (χ2n) is 3.63. The third kappa shape index (κ3) is 4.93. The minimum absolute atomic E-state index is 0.131. The maximum absolute atomic E-state index is 11.5. The molecule has 0 saturated heterocycles. The Kier molecular flexibility index (Phi) is 6.02. The van der Waals surface area contributed by atoms with Gasteiger partial charge in [-0.15, -0.1) is 0 Å². The molecule has 1 aromatic rings. The molecule has 0 atom stereocenters. The first-order chi connectivity index (χ1) is 7.34. The lowest BCUT2D eigenvalue weighted by molar-refractivity contribution is 0.104.